The van der Waals surface area contributed by atoms with E-state index in [-0.39, 0.29) is 5.60 Å². The minimum atomic E-state index is -0.124. The molecule has 0 saturated carbocycles. The Bertz CT molecular complexity index is 289. The van der Waals surface area contributed by atoms with E-state index in [4.69, 9.17) is 4.74 Å². The van der Waals surface area contributed by atoms with Crippen LogP contribution >= 0.6 is 0 Å². The van der Waals surface area contributed by atoms with Crippen LogP contribution in [-0.4, -0.2) is 7.11 Å². The first-order chi connectivity index (χ1) is 5.87. The van der Waals surface area contributed by atoms with Crippen LogP contribution in [0.15, 0.2) is 42.5 Å². The standard InChI is InChI=1S/C11H12O/c1-12-11(8-5-9-11)10-6-3-2-4-7-10/h2-8H,9H2,1H3. The third-order valence-corrected chi connectivity index (χ3v) is 2.43. The van der Waals surface area contributed by atoms with Gasteiger partial charge in [0.05, 0.1) is 0 Å². The van der Waals surface area contributed by atoms with Crippen molar-refractivity contribution in [2.45, 2.75) is 12.0 Å². The third kappa shape index (κ3) is 0.978. The van der Waals surface area contributed by atoms with E-state index >= 15 is 0 Å². The summed E-state index contributed by atoms with van der Waals surface area (Å²) in [5.41, 5.74) is 1.12. The number of methoxy groups -OCH3 is 1. The van der Waals surface area contributed by atoms with Crippen molar-refractivity contribution in [3.05, 3.63) is 48.0 Å². The summed E-state index contributed by atoms with van der Waals surface area (Å²) in [6.45, 7) is 0. The third-order valence-electron chi connectivity index (χ3n) is 2.43. The highest BCUT2D eigenvalue weighted by Crippen LogP contribution is 2.37. The number of benzene rings is 1. The molecule has 0 N–H and O–H groups in total. The van der Waals surface area contributed by atoms with Crippen LogP contribution < -0.4 is 0 Å². The lowest BCUT2D eigenvalue weighted by atomic mass is 9.82. The molecule has 0 fully saturated rings. The molecule has 1 nitrogen and oxygen atoms in total. The SMILES string of the molecule is COC1(c2ccccc2)C=CC1. The monoisotopic (exact) mass is 160 g/mol. The molecule has 1 aliphatic rings. The Balaban J connectivity index is 2.36. The van der Waals surface area contributed by atoms with Gasteiger partial charge in [-0.3, -0.25) is 0 Å². The van der Waals surface area contributed by atoms with E-state index < -0.39 is 0 Å². The Hall–Kier alpha value is -1.08. The largest absolute Gasteiger partial charge is 0.369 e. The van der Waals surface area contributed by atoms with Crippen LogP contribution in [0, 0.1) is 0 Å². The Morgan fingerprint density at radius 2 is 1.92 bits per heavy atom. The number of rotatable bonds is 2. The molecule has 0 radical (unpaired) electrons. The molecule has 1 aliphatic carbocycles. The lowest BCUT2D eigenvalue weighted by molar-refractivity contribution is 0.0172. The molecule has 0 spiro atoms. The van der Waals surface area contributed by atoms with E-state index in [1.165, 1.54) is 5.56 Å². The molecular weight excluding hydrogens is 148 g/mol. The molecule has 2 rings (SSSR count). The fourth-order valence-electron chi connectivity index (χ4n) is 1.54. The van der Waals surface area contributed by atoms with Gasteiger partial charge in [0.25, 0.3) is 0 Å². The molecule has 0 amide bonds. The number of hydrogen-bond acceptors (Lipinski definition) is 1. The van der Waals surface area contributed by atoms with Gasteiger partial charge in [-0.05, 0) is 5.56 Å². The van der Waals surface area contributed by atoms with Crippen molar-refractivity contribution >= 4 is 0 Å². The lowest BCUT2D eigenvalue weighted by Gasteiger charge is -2.34. The van der Waals surface area contributed by atoms with E-state index in [0.717, 1.165) is 6.42 Å². The van der Waals surface area contributed by atoms with Crippen LogP contribution in [0.5, 0.6) is 0 Å². The average Bonchev–Trinajstić information content (AvgIpc) is 2.05. The molecule has 0 aliphatic heterocycles. The van der Waals surface area contributed by atoms with Crippen molar-refractivity contribution in [3.63, 3.8) is 0 Å². The summed E-state index contributed by atoms with van der Waals surface area (Å²) < 4.78 is 5.47. The number of hydrogen-bond donors (Lipinski definition) is 0. The maximum absolute atomic E-state index is 5.47. The van der Waals surface area contributed by atoms with E-state index in [9.17, 15) is 0 Å². The fraction of sp³-hybridized carbons (Fsp3) is 0.273. The quantitative estimate of drug-likeness (QED) is 0.604. The van der Waals surface area contributed by atoms with Crippen LogP contribution in [0.3, 0.4) is 0 Å². The van der Waals surface area contributed by atoms with Crippen molar-refractivity contribution in [1.29, 1.82) is 0 Å². The van der Waals surface area contributed by atoms with Gasteiger partial charge < -0.3 is 4.74 Å². The first-order valence-electron chi connectivity index (χ1n) is 4.16. The summed E-state index contributed by atoms with van der Waals surface area (Å²) >= 11 is 0. The first kappa shape index (κ1) is 7.56. The van der Waals surface area contributed by atoms with Gasteiger partial charge in [0.1, 0.15) is 5.60 Å². The second-order valence-electron chi connectivity index (χ2n) is 3.07. The van der Waals surface area contributed by atoms with Gasteiger partial charge in [0.15, 0.2) is 0 Å². The molecule has 12 heavy (non-hydrogen) atoms. The summed E-state index contributed by atoms with van der Waals surface area (Å²) in [4.78, 5) is 0. The van der Waals surface area contributed by atoms with Crippen molar-refractivity contribution in [2.75, 3.05) is 7.11 Å². The van der Waals surface area contributed by atoms with Crippen molar-refractivity contribution < 1.29 is 4.74 Å². The van der Waals surface area contributed by atoms with Crippen molar-refractivity contribution in [1.82, 2.24) is 0 Å². The summed E-state index contributed by atoms with van der Waals surface area (Å²) in [5.74, 6) is 0. The van der Waals surface area contributed by atoms with Crippen LogP contribution in [0.2, 0.25) is 0 Å². The zero-order chi connectivity index (χ0) is 8.44. The van der Waals surface area contributed by atoms with Crippen LogP contribution in [0.25, 0.3) is 0 Å². The minimum absolute atomic E-state index is 0.124. The maximum atomic E-state index is 5.47. The molecule has 1 aromatic carbocycles. The Labute approximate surface area is 72.7 Å². The second-order valence-corrected chi connectivity index (χ2v) is 3.07. The summed E-state index contributed by atoms with van der Waals surface area (Å²) in [6, 6.07) is 10.3. The fourth-order valence-corrected chi connectivity index (χ4v) is 1.54. The van der Waals surface area contributed by atoms with Gasteiger partial charge in [-0.25, -0.2) is 0 Å². The normalized spacial score (nSPS) is 26.8. The Morgan fingerprint density at radius 1 is 1.25 bits per heavy atom. The number of ether oxygens (including phenoxy) is 1. The van der Waals surface area contributed by atoms with Gasteiger partial charge in [-0.15, -0.1) is 0 Å². The smallest absolute Gasteiger partial charge is 0.114 e. The van der Waals surface area contributed by atoms with Crippen LogP contribution in [0.4, 0.5) is 0 Å². The lowest BCUT2D eigenvalue weighted by Crippen LogP contribution is -2.30. The van der Waals surface area contributed by atoms with Crippen LogP contribution in [0.1, 0.15) is 12.0 Å². The van der Waals surface area contributed by atoms with Crippen molar-refractivity contribution in [2.24, 2.45) is 0 Å². The van der Waals surface area contributed by atoms with Gasteiger partial charge in [0.2, 0.25) is 0 Å². The van der Waals surface area contributed by atoms with Gasteiger partial charge in [-0.2, -0.15) is 0 Å². The predicted octanol–water partition coefficient (Wildman–Crippen LogP) is 2.49. The Kier molecular flexibility index (Phi) is 1.74. The Morgan fingerprint density at radius 3 is 2.33 bits per heavy atom. The zero-order valence-corrected chi connectivity index (χ0v) is 7.16. The highest BCUT2D eigenvalue weighted by Gasteiger charge is 2.32. The van der Waals surface area contributed by atoms with E-state index in [0.29, 0.717) is 0 Å². The van der Waals surface area contributed by atoms with E-state index in [1.807, 2.05) is 18.2 Å². The highest BCUT2D eigenvalue weighted by molar-refractivity contribution is 5.33. The highest BCUT2D eigenvalue weighted by atomic mass is 16.5. The predicted molar refractivity (Wildman–Crippen MR) is 48.9 cm³/mol. The molecule has 1 atom stereocenters. The van der Waals surface area contributed by atoms with Crippen molar-refractivity contribution in [3.8, 4) is 0 Å². The molecule has 0 heterocycles. The molecule has 1 aromatic rings. The molecule has 0 saturated heterocycles. The second kappa shape index (κ2) is 2.76. The summed E-state index contributed by atoms with van der Waals surface area (Å²) in [7, 11) is 1.76. The molecule has 0 bridgehead atoms. The van der Waals surface area contributed by atoms with Gasteiger partial charge >= 0.3 is 0 Å². The van der Waals surface area contributed by atoms with Gasteiger partial charge in [-0.1, -0.05) is 42.5 Å². The van der Waals surface area contributed by atoms with Crippen LogP contribution in [-0.2, 0) is 10.3 Å². The molecule has 62 valence electrons. The van der Waals surface area contributed by atoms with Gasteiger partial charge in [0, 0.05) is 13.5 Å². The molecule has 1 heteroatoms. The molecular formula is C11H12O. The maximum Gasteiger partial charge on any atom is 0.114 e. The molecule has 1 unspecified atom stereocenters. The summed E-state index contributed by atoms with van der Waals surface area (Å²) in [5, 5.41) is 0. The molecule has 0 aromatic heterocycles. The summed E-state index contributed by atoms with van der Waals surface area (Å²) in [6.07, 6.45) is 5.24. The van der Waals surface area contributed by atoms with E-state index in [1.54, 1.807) is 7.11 Å². The van der Waals surface area contributed by atoms with E-state index in [2.05, 4.69) is 24.3 Å². The topological polar surface area (TPSA) is 9.23 Å². The first-order valence-corrected chi connectivity index (χ1v) is 4.16. The average molecular weight is 160 g/mol. The minimum Gasteiger partial charge on any atom is -0.369 e. The zero-order valence-electron chi connectivity index (χ0n) is 7.16.